The Balaban J connectivity index is 0.00000210. The molecule has 3 nitrogen and oxygen atoms in total. The highest BCUT2D eigenvalue weighted by Crippen LogP contribution is 2.29. The van der Waals surface area contributed by atoms with E-state index in [-0.39, 0.29) is 30.2 Å². The van der Waals surface area contributed by atoms with Crippen molar-refractivity contribution in [3.63, 3.8) is 0 Å². The predicted molar refractivity (Wildman–Crippen MR) is 104 cm³/mol. The second-order valence-corrected chi connectivity index (χ2v) is 7.43. The van der Waals surface area contributed by atoms with E-state index in [4.69, 9.17) is 0 Å². The molecule has 2 aliphatic heterocycles. The van der Waals surface area contributed by atoms with Gasteiger partial charge in [-0.2, -0.15) is 0 Å². The van der Waals surface area contributed by atoms with Crippen molar-refractivity contribution in [1.82, 2.24) is 10.6 Å². The lowest BCUT2D eigenvalue weighted by Crippen LogP contribution is -2.48. The van der Waals surface area contributed by atoms with Gasteiger partial charge >= 0.3 is 0 Å². The van der Waals surface area contributed by atoms with Crippen molar-refractivity contribution in [3.8, 4) is 11.1 Å². The van der Waals surface area contributed by atoms with Gasteiger partial charge in [-0.05, 0) is 68.0 Å². The number of rotatable bonds is 3. The van der Waals surface area contributed by atoms with Crippen molar-refractivity contribution in [2.45, 2.75) is 50.7 Å². The van der Waals surface area contributed by atoms with Crippen LogP contribution in [0.25, 0.3) is 11.1 Å². The topological polar surface area (TPSA) is 41.1 Å². The smallest absolute Gasteiger partial charge is 0.251 e. The molecule has 1 amide bonds. The van der Waals surface area contributed by atoms with Crippen LogP contribution >= 0.6 is 12.4 Å². The minimum Gasteiger partial charge on any atom is -0.349 e. The number of piperidine rings is 1. The Morgan fingerprint density at radius 2 is 1.70 bits per heavy atom. The largest absolute Gasteiger partial charge is 0.349 e. The van der Waals surface area contributed by atoms with E-state index in [1.807, 2.05) is 0 Å². The molecule has 2 N–H and O–H groups in total. The van der Waals surface area contributed by atoms with Gasteiger partial charge in [0.2, 0.25) is 0 Å². The number of nitrogens with one attached hydrogen (secondary N) is 2. The maximum atomic E-state index is 14.6. The number of carbonyl (C=O) groups excluding carboxylic acids is 1. The van der Waals surface area contributed by atoms with Crippen molar-refractivity contribution in [1.29, 1.82) is 0 Å². The molecule has 0 radical (unpaired) electrons. The molecule has 2 aromatic rings. The van der Waals surface area contributed by atoms with Crippen LogP contribution in [-0.4, -0.2) is 24.0 Å². The summed E-state index contributed by atoms with van der Waals surface area (Å²) in [4.78, 5) is 12.5. The second kappa shape index (κ2) is 7.95. The molecule has 2 aromatic carbocycles. The first kappa shape index (κ1) is 19.8. The molecule has 4 rings (SSSR count). The average molecular weight is 393 g/mol. The molecule has 2 unspecified atom stereocenters. The molecule has 6 heteroatoms. The molecule has 0 aromatic heterocycles. The van der Waals surface area contributed by atoms with E-state index in [0.717, 1.165) is 25.7 Å². The van der Waals surface area contributed by atoms with Gasteiger partial charge in [0.1, 0.15) is 11.6 Å². The monoisotopic (exact) mass is 392 g/mol. The van der Waals surface area contributed by atoms with Gasteiger partial charge in [-0.3, -0.25) is 4.79 Å². The number of carbonyl (C=O) groups is 1. The molecular weight excluding hydrogens is 370 g/mol. The van der Waals surface area contributed by atoms with Crippen LogP contribution in [0.4, 0.5) is 8.78 Å². The van der Waals surface area contributed by atoms with Crippen molar-refractivity contribution >= 4 is 18.3 Å². The molecule has 0 spiro atoms. The molecule has 2 aliphatic rings. The Hall–Kier alpha value is -1.98. The Bertz CT molecular complexity index is 846. The summed E-state index contributed by atoms with van der Waals surface area (Å²) in [5, 5.41) is 6.59. The number of fused-ring (bicyclic) bond motifs is 2. The summed E-state index contributed by atoms with van der Waals surface area (Å²) >= 11 is 0. The fraction of sp³-hybridized carbons (Fsp3) is 0.381. The Labute approximate surface area is 164 Å². The van der Waals surface area contributed by atoms with Gasteiger partial charge in [-0.25, -0.2) is 8.78 Å². The zero-order chi connectivity index (χ0) is 18.3. The van der Waals surface area contributed by atoms with Crippen LogP contribution in [0.1, 0.15) is 41.6 Å². The van der Waals surface area contributed by atoms with E-state index in [1.165, 1.54) is 18.2 Å². The first-order valence-electron chi connectivity index (χ1n) is 9.12. The fourth-order valence-electron chi connectivity index (χ4n) is 4.25. The van der Waals surface area contributed by atoms with Crippen LogP contribution in [-0.2, 0) is 0 Å². The zero-order valence-corrected chi connectivity index (χ0v) is 15.9. The van der Waals surface area contributed by atoms with Crippen LogP contribution in [0.5, 0.6) is 0 Å². The molecule has 2 atom stereocenters. The van der Waals surface area contributed by atoms with Crippen LogP contribution < -0.4 is 10.6 Å². The number of hydrogen-bond acceptors (Lipinski definition) is 2. The lowest BCUT2D eigenvalue weighted by atomic mass is 9.97. The highest BCUT2D eigenvalue weighted by Gasteiger charge is 2.34. The van der Waals surface area contributed by atoms with Gasteiger partial charge in [-0.15, -0.1) is 12.4 Å². The van der Waals surface area contributed by atoms with E-state index in [1.54, 1.807) is 25.1 Å². The highest BCUT2D eigenvalue weighted by atomic mass is 35.5. The summed E-state index contributed by atoms with van der Waals surface area (Å²) in [6.07, 6.45) is 4.18. The van der Waals surface area contributed by atoms with Crippen LogP contribution in [0.15, 0.2) is 36.4 Å². The van der Waals surface area contributed by atoms with Gasteiger partial charge in [0, 0.05) is 29.3 Å². The number of aryl methyl sites for hydroxylation is 1. The van der Waals surface area contributed by atoms with Crippen molar-refractivity contribution < 1.29 is 13.6 Å². The number of hydrogen-bond donors (Lipinski definition) is 2. The van der Waals surface area contributed by atoms with E-state index in [0.29, 0.717) is 34.3 Å². The molecule has 0 aliphatic carbocycles. The summed E-state index contributed by atoms with van der Waals surface area (Å²) in [5.74, 6) is -1.06. The molecule has 144 valence electrons. The number of halogens is 3. The van der Waals surface area contributed by atoms with E-state index >= 15 is 0 Å². The molecule has 2 saturated heterocycles. The average Bonchev–Trinajstić information content (AvgIpc) is 2.94. The lowest BCUT2D eigenvalue weighted by Gasteiger charge is -2.29. The summed E-state index contributed by atoms with van der Waals surface area (Å²) in [6.45, 7) is 1.74. The molecule has 27 heavy (non-hydrogen) atoms. The quantitative estimate of drug-likeness (QED) is 0.814. The van der Waals surface area contributed by atoms with E-state index < -0.39 is 5.82 Å². The van der Waals surface area contributed by atoms with Crippen molar-refractivity contribution in [2.24, 2.45) is 0 Å². The molecule has 0 saturated carbocycles. The number of benzene rings is 2. The van der Waals surface area contributed by atoms with Gasteiger partial charge in [-0.1, -0.05) is 12.1 Å². The standard InChI is InChI=1S/C21H22F2N2O.ClH/c1-12-8-14(22)3-7-18(12)19-6-2-13(9-20(19)23)21(26)25-17-10-15-4-5-16(11-17)24-15;/h2-3,6-9,15-17,24H,4-5,10-11H2,1H3,(H,25,26);1H. The first-order chi connectivity index (χ1) is 12.5. The third kappa shape index (κ3) is 4.14. The molecule has 2 fully saturated rings. The van der Waals surface area contributed by atoms with Crippen LogP contribution in [0.3, 0.4) is 0 Å². The fourth-order valence-corrected chi connectivity index (χ4v) is 4.25. The van der Waals surface area contributed by atoms with Gasteiger partial charge in [0.05, 0.1) is 0 Å². The third-order valence-electron chi connectivity index (χ3n) is 5.52. The summed E-state index contributed by atoms with van der Waals surface area (Å²) in [5.41, 5.74) is 1.98. The van der Waals surface area contributed by atoms with Crippen LogP contribution in [0.2, 0.25) is 0 Å². The Morgan fingerprint density at radius 3 is 2.33 bits per heavy atom. The SMILES string of the molecule is Cc1cc(F)ccc1-c1ccc(C(=O)NC2CC3CCC(C2)N3)cc1F.Cl. The maximum Gasteiger partial charge on any atom is 0.251 e. The Kier molecular flexibility index (Phi) is 5.82. The number of amides is 1. The maximum absolute atomic E-state index is 14.6. The molecular formula is C21H23ClF2N2O. The van der Waals surface area contributed by atoms with Crippen LogP contribution in [0, 0.1) is 18.6 Å². The van der Waals surface area contributed by atoms with Crippen molar-refractivity contribution in [2.75, 3.05) is 0 Å². The minimum absolute atomic E-state index is 0. The van der Waals surface area contributed by atoms with Gasteiger partial charge in [0.25, 0.3) is 5.91 Å². The summed E-state index contributed by atoms with van der Waals surface area (Å²) in [7, 11) is 0. The van der Waals surface area contributed by atoms with Gasteiger partial charge in [0.15, 0.2) is 0 Å². The molecule has 2 bridgehead atoms. The van der Waals surface area contributed by atoms with E-state index in [9.17, 15) is 13.6 Å². The van der Waals surface area contributed by atoms with Gasteiger partial charge < -0.3 is 10.6 Å². The Morgan fingerprint density at radius 1 is 1.04 bits per heavy atom. The van der Waals surface area contributed by atoms with Crippen molar-refractivity contribution in [3.05, 3.63) is 59.2 Å². The molecule has 2 heterocycles. The minimum atomic E-state index is -0.474. The third-order valence-corrected chi connectivity index (χ3v) is 5.52. The first-order valence-corrected chi connectivity index (χ1v) is 9.12. The predicted octanol–water partition coefficient (Wildman–Crippen LogP) is 4.37. The highest BCUT2D eigenvalue weighted by molar-refractivity contribution is 5.95. The zero-order valence-electron chi connectivity index (χ0n) is 15.1. The second-order valence-electron chi connectivity index (χ2n) is 7.43. The van der Waals surface area contributed by atoms with E-state index in [2.05, 4.69) is 10.6 Å². The lowest BCUT2D eigenvalue weighted by molar-refractivity contribution is 0.0923. The summed E-state index contributed by atoms with van der Waals surface area (Å²) < 4.78 is 27.9. The normalized spacial score (nSPS) is 23.6. The summed E-state index contributed by atoms with van der Waals surface area (Å²) in [6, 6.07) is 9.86.